The molecule has 4 nitrogen and oxygen atoms in total. The molecule has 0 aromatic heterocycles. The van der Waals surface area contributed by atoms with Crippen LogP contribution in [0.3, 0.4) is 0 Å². The number of piperidine rings is 1. The van der Waals surface area contributed by atoms with Crippen LogP contribution in [0.5, 0.6) is 0 Å². The van der Waals surface area contributed by atoms with Crippen LogP contribution in [-0.4, -0.2) is 41.1 Å². The molecule has 0 spiro atoms. The summed E-state index contributed by atoms with van der Waals surface area (Å²) in [4.78, 5) is 13.9. The first-order valence-electron chi connectivity index (χ1n) is 7.18. The van der Waals surface area contributed by atoms with Crippen molar-refractivity contribution in [1.82, 2.24) is 4.90 Å². The zero-order valence-electron chi connectivity index (χ0n) is 11.8. The van der Waals surface area contributed by atoms with E-state index in [9.17, 15) is 9.90 Å². The second-order valence-corrected chi connectivity index (χ2v) is 5.81. The molecule has 1 aliphatic heterocycles. The van der Waals surface area contributed by atoms with Crippen LogP contribution in [0.1, 0.15) is 52.4 Å². The van der Waals surface area contributed by atoms with Crippen LogP contribution in [0.2, 0.25) is 0 Å². The molecule has 0 aromatic carbocycles. The Kier molecular flexibility index (Phi) is 6.09. The predicted molar refractivity (Wildman–Crippen MR) is 73.1 cm³/mol. The van der Waals surface area contributed by atoms with Crippen LogP contribution < -0.4 is 5.73 Å². The summed E-state index contributed by atoms with van der Waals surface area (Å²) in [6.07, 6.45) is 5.30. The van der Waals surface area contributed by atoms with Gasteiger partial charge in [-0.3, -0.25) is 4.79 Å². The highest BCUT2D eigenvalue weighted by molar-refractivity contribution is 5.76. The highest BCUT2D eigenvalue weighted by Crippen LogP contribution is 2.22. The average molecular weight is 256 g/mol. The molecule has 1 heterocycles. The quantitative estimate of drug-likeness (QED) is 0.757. The molecule has 18 heavy (non-hydrogen) atoms. The fourth-order valence-corrected chi connectivity index (χ4v) is 2.71. The largest absolute Gasteiger partial charge is 0.388 e. The van der Waals surface area contributed by atoms with Gasteiger partial charge in [-0.15, -0.1) is 0 Å². The minimum Gasteiger partial charge on any atom is -0.388 e. The van der Waals surface area contributed by atoms with Crippen LogP contribution in [0.25, 0.3) is 0 Å². The number of aliphatic hydroxyl groups is 1. The third-order valence-corrected chi connectivity index (χ3v) is 3.95. The van der Waals surface area contributed by atoms with Crippen molar-refractivity contribution in [3.63, 3.8) is 0 Å². The smallest absolute Gasteiger partial charge is 0.222 e. The Morgan fingerprint density at radius 1 is 1.50 bits per heavy atom. The molecule has 0 aromatic rings. The lowest BCUT2D eigenvalue weighted by Gasteiger charge is -2.37. The van der Waals surface area contributed by atoms with E-state index in [2.05, 4.69) is 6.92 Å². The Balaban J connectivity index is 2.36. The summed E-state index contributed by atoms with van der Waals surface area (Å²) in [6, 6.07) is 0. The number of rotatable bonds is 6. The van der Waals surface area contributed by atoms with Gasteiger partial charge < -0.3 is 15.7 Å². The van der Waals surface area contributed by atoms with E-state index >= 15 is 0 Å². The summed E-state index contributed by atoms with van der Waals surface area (Å²) < 4.78 is 0. The van der Waals surface area contributed by atoms with Gasteiger partial charge in [0.25, 0.3) is 0 Å². The van der Waals surface area contributed by atoms with Crippen molar-refractivity contribution < 1.29 is 9.90 Å². The zero-order chi connectivity index (χ0) is 13.6. The number of carbonyl (C=O) groups excluding carboxylic acids is 1. The van der Waals surface area contributed by atoms with Crippen LogP contribution in [-0.2, 0) is 4.79 Å². The Morgan fingerprint density at radius 2 is 2.22 bits per heavy atom. The molecule has 0 bridgehead atoms. The molecule has 1 fully saturated rings. The fourth-order valence-electron chi connectivity index (χ4n) is 2.71. The van der Waals surface area contributed by atoms with Gasteiger partial charge >= 0.3 is 0 Å². The standard InChI is InChI=1S/C14H28N2O2/c1-3-12(7-9-15)5-6-13(17)16-10-4-8-14(2,18)11-16/h12,18H,3-11,15H2,1-2H3. The van der Waals surface area contributed by atoms with Crippen LogP contribution >= 0.6 is 0 Å². The molecule has 0 aliphatic carbocycles. The summed E-state index contributed by atoms with van der Waals surface area (Å²) in [6.45, 7) is 5.94. The normalized spacial score (nSPS) is 26.1. The van der Waals surface area contributed by atoms with Crippen LogP contribution in [0, 0.1) is 5.92 Å². The van der Waals surface area contributed by atoms with E-state index in [1.807, 2.05) is 11.8 Å². The molecule has 0 saturated carbocycles. The van der Waals surface area contributed by atoms with E-state index in [1.165, 1.54) is 0 Å². The Labute approximate surface area is 111 Å². The molecular formula is C14H28N2O2. The third-order valence-electron chi connectivity index (χ3n) is 3.95. The van der Waals surface area contributed by atoms with E-state index in [4.69, 9.17) is 5.73 Å². The maximum atomic E-state index is 12.1. The van der Waals surface area contributed by atoms with Gasteiger partial charge in [0.15, 0.2) is 0 Å². The van der Waals surface area contributed by atoms with Crippen molar-refractivity contribution in [2.75, 3.05) is 19.6 Å². The SMILES string of the molecule is CCC(CCN)CCC(=O)N1CCCC(C)(O)C1. The maximum Gasteiger partial charge on any atom is 0.222 e. The molecule has 1 amide bonds. The van der Waals surface area contributed by atoms with E-state index in [1.54, 1.807) is 0 Å². The summed E-state index contributed by atoms with van der Waals surface area (Å²) in [5, 5.41) is 9.99. The van der Waals surface area contributed by atoms with Crippen molar-refractivity contribution in [3.8, 4) is 0 Å². The van der Waals surface area contributed by atoms with Gasteiger partial charge in [0, 0.05) is 19.5 Å². The minimum atomic E-state index is -0.699. The highest BCUT2D eigenvalue weighted by atomic mass is 16.3. The Morgan fingerprint density at radius 3 is 2.78 bits per heavy atom. The highest BCUT2D eigenvalue weighted by Gasteiger charge is 2.30. The van der Waals surface area contributed by atoms with Gasteiger partial charge in [-0.25, -0.2) is 0 Å². The second kappa shape index (κ2) is 7.10. The van der Waals surface area contributed by atoms with Crippen molar-refractivity contribution in [1.29, 1.82) is 0 Å². The number of hydrogen-bond donors (Lipinski definition) is 2. The van der Waals surface area contributed by atoms with Gasteiger partial charge in [-0.1, -0.05) is 13.3 Å². The lowest BCUT2D eigenvalue weighted by atomic mass is 9.93. The van der Waals surface area contributed by atoms with Crippen molar-refractivity contribution in [3.05, 3.63) is 0 Å². The van der Waals surface area contributed by atoms with Gasteiger partial charge in [0.1, 0.15) is 0 Å². The Bertz CT molecular complexity index is 267. The lowest BCUT2D eigenvalue weighted by molar-refractivity contribution is -0.137. The second-order valence-electron chi connectivity index (χ2n) is 5.81. The number of likely N-dealkylation sites (tertiary alicyclic amines) is 1. The number of hydrogen-bond acceptors (Lipinski definition) is 3. The molecule has 2 unspecified atom stereocenters. The zero-order valence-corrected chi connectivity index (χ0v) is 11.8. The first kappa shape index (κ1) is 15.4. The molecule has 3 N–H and O–H groups in total. The first-order chi connectivity index (χ1) is 8.48. The van der Waals surface area contributed by atoms with Crippen LogP contribution in [0.4, 0.5) is 0 Å². The molecule has 1 rings (SSSR count). The van der Waals surface area contributed by atoms with Gasteiger partial charge in [-0.05, 0) is 45.1 Å². The summed E-state index contributed by atoms with van der Waals surface area (Å²) in [7, 11) is 0. The summed E-state index contributed by atoms with van der Waals surface area (Å²) in [5.74, 6) is 0.745. The van der Waals surface area contributed by atoms with Crippen molar-refractivity contribution >= 4 is 5.91 Å². The van der Waals surface area contributed by atoms with E-state index in [-0.39, 0.29) is 5.91 Å². The molecule has 106 valence electrons. The molecule has 4 heteroatoms. The monoisotopic (exact) mass is 256 g/mol. The molecular weight excluding hydrogens is 228 g/mol. The van der Waals surface area contributed by atoms with Crippen molar-refractivity contribution in [2.45, 2.75) is 58.0 Å². The topological polar surface area (TPSA) is 66.6 Å². The number of nitrogens with two attached hydrogens (primary N) is 1. The van der Waals surface area contributed by atoms with Gasteiger partial charge in [0.05, 0.1) is 5.60 Å². The first-order valence-corrected chi connectivity index (χ1v) is 7.18. The van der Waals surface area contributed by atoms with E-state index in [0.717, 1.165) is 38.6 Å². The predicted octanol–water partition coefficient (Wildman–Crippen LogP) is 1.52. The number of amides is 1. The number of carbonyl (C=O) groups is 1. The van der Waals surface area contributed by atoms with Gasteiger partial charge in [-0.2, -0.15) is 0 Å². The van der Waals surface area contributed by atoms with E-state index < -0.39 is 5.60 Å². The number of β-amino-alcohol motifs (C(OH)–C–C–N with tert-alkyl or cyclic N) is 1. The summed E-state index contributed by atoms with van der Waals surface area (Å²) in [5.41, 5.74) is 4.86. The summed E-state index contributed by atoms with van der Waals surface area (Å²) >= 11 is 0. The fraction of sp³-hybridized carbons (Fsp3) is 0.929. The maximum absolute atomic E-state index is 12.1. The van der Waals surface area contributed by atoms with Gasteiger partial charge in [0.2, 0.25) is 5.91 Å². The molecule has 1 aliphatic rings. The number of nitrogens with zero attached hydrogens (tertiary/aromatic N) is 1. The minimum absolute atomic E-state index is 0.186. The van der Waals surface area contributed by atoms with Crippen molar-refractivity contribution in [2.24, 2.45) is 11.7 Å². The lowest BCUT2D eigenvalue weighted by Crippen LogP contribution is -2.48. The average Bonchev–Trinajstić information content (AvgIpc) is 2.32. The molecule has 1 saturated heterocycles. The Hall–Kier alpha value is -0.610. The molecule has 2 atom stereocenters. The van der Waals surface area contributed by atoms with Crippen LogP contribution in [0.15, 0.2) is 0 Å². The van der Waals surface area contributed by atoms with E-state index in [0.29, 0.717) is 25.4 Å². The molecule has 0 radical (unpaired) electrons. The third kappa shape index (κ3) is 4.94.